The highest BCUT2D eigenvalue weighted by Gasteiger charge is 2.26. The van der Waals surface area contributed by atoms with Gasteiger partial charge in [0.25, 0.3) is 0 Å². The number of aliphatic hydroxyl groups is 1. The number of rotatable bonds is 6. The number of nitrogens with one attached hydrogen (secondary N) is 1. The lowest BCUT2D eigenvalue weighted by Crippen LogP contribution is -2.28. The third kappa shape index (κ3) is 4.18. The van der Waals surface area contributed by atoms with E-state index in [1.165, 1.54) is 6.08 Å². The maximum Gasteiger partial charge on any atom is 0.143 e. The number of nitrogens with two attached hydrogens (primary N) is 1. The van der Waals surface area contributed by atoms with Gasteiger partial charge in [-0.3, -0.25) is 5.41 Å². The Morgan fingerprint density at radius 2 is 2.44 bits per heavy atom. The molecule has 1 saturated heterocycles. The zero-order valence-corrected chi connectivity index (χ0v) is 9.43. The van der Waals surface area contributed by atoms with Crippen molar-refractivity contribution in [1.82, 2.24) is 4.90 Å². The summed E-state index contributed by atoms with van der Waals surface area (Å²) in [5.41, 5.74) is 5.21. The molecule has 6 nitrogen and oxygen atoms in total. The highest BCUT2D eigenvalue weighted by atomic mass is 16.6. The number of hydrogen-bond acceptors (Lipinski definition) is 5. The van der Waals surface area contributed by atoms with Crippen LogP contribution in [-0.2, 0) is 9.47 Å². The first-order chi connectivity index (χ1) is 7.63. The van der Waals surface area contributed by atoms with Crippen LogP contribution in [0.5, 0.6) is 0 Å². The molecular weight excluding hydrogens is 210 g/mol. The molecule has 92 valence electrons. The normalized spacial score (nSPS) is 25.1. The zero-order chi connectivity index (χ0) is 12.0. The average molecular weight is 229 g/mol. The summed E-state index contributed by atoms with van der Waals surface area (Å²) in [5, 5.41) is 15.6. The minimum atomic E-state index is -0.273. The molecule has 0 saturated carbocycles. The van der Waals surface area contributed by atoms with E-state index < -0.39 is 0 Å². The fourth-order valence-corrected chi connectivity index (χ4v) is 1.59. The van der Waals surface area contributed by atoms with Crippen molar-refractivity contribution in [3.05, 3.63) is 12.3 Å². The molecule has 0 aliphatic carbocycles. The molecule has 0 spiro atoms. The molecule has 1 aliphatic rings. The van der Waals surface area contributed by atoms with Crippen molar-refractivity contribution in [1.29, 1.82) is 5.41 Å². The van der Waals surface area contributed by atoms with Crippen LogP contribution in [0.3, 0.4) is 0 Å². The van der Waals surface area contributed by atoms with Crippen molar-refractivity contribution in [2.45, 2.75) is 25.2 Å². The number of nitrogens with zero attached hydrogens (tertiary/aromatic N) is 1. The standard InChI is InChI=1S/C10H19N3O3/c1-13(5-4-9(11)12)10-3-2-8(16-10)6-15-7-14/h4-5,8,10,14H,2-3,6-7H2,1H3,(H3,11,12)/b5-4-/t8-,10?/m0/s1. The van der Waals surface area contributed by atoms with Crippen LogP contribution in [0, 0.1) is 5.41 Å². The maximum atomic E-state index is 8.51. The molecule has 1 aliphatic heterocycles. The molecule has 0 aromatic heterocycles. The molecule has 0 amide bonds. The summed E-state index contributed by atoms with van der Waals surface area (Å²) < 4.78 is 10.6. The van der Waals surface area contributed by atoms with Crippen LogP contribution in [0.4, 0.5) is 0 Å². The van der Waals surface area contributed by atoms with Crippen LogP contribution >= 0.6 is 0 Å². The van der Waals surface area contributed by atoms with Gasteiger partial charge in [-0.2, -0.15) is 0 Å². The molecular formula is C10H19N3O3. The fraction of sp³-hybridized carbons (Fsp3) is 0.700. The molecule has 4 N–H and O–H groups in total. The van der Waals surface area contributed by atoms with Crippen molar-refractivity contribution >= 4 is 5.84 Å². The highest BCUT2D eigenvalue weighted by Crippen LogP contribution is 2.22. The van der Waals surface area contributed by atoms with E-state index in [1.807, 2.05) is 11.9 Å². The molecule has 6 heteroatoms. The number of ether oxygens (including phenoxy) is 2. The second-order valence-electron chi connectivity index (χ2n) is 3.73. The Morgan fingerprint density at radius 1 is 1.69 bits per heavy atom. The number of aliphatic hydroxyl groups excluding tert-OH is 1. The Labute approximate surface area is 95.1 Å². The molecule has 1 rings (SSSR count). The van der Waals surface area contributed by atoms with Gasteiger partial charge in [-0.25, -0.2) is 0 Å². The van der Waals surface area contributed by atoms with E-state index in [1.54, 1.807) is 6.20 Å². The van der Waals surface area contributed by atoms with Crippen LogP contribution in [0.15, 0.2) is 12.3 Å². The Morgan fingerprint density at radius 3 is 3.06 bits per heavy atom. The Bertz CT molecular complexity index is 258. The SMILES string of the molecule is CN(/C=C\C(=N)N)C1CC[C@@H](COCO)O1. The Hall–Kier alpha value is -1.11. The fourth-order valence-electron chi connectivity index (χ4n) is 1.59. The second kappa shape index (κ2) is 6.47. The van der Waals surface area contributed by atoms with E-state index >= 15 is 0 Å². The summed E-state index contributed by atoms with van der Waals surface area (Å²) >= 11 is 0. The van der Waals surface area contributed by atoms with Gasteiger partial charge < -0.3 is 25.2 Å². The lowest BCUT2D eigenvalue weighted by atomic mass is 10.2. The van der Waals surface area contributed by atoms with E-state index in [4.69, 9.17) is 25.7 Å². The van der Waals surface area contributed by atoms with Crippen molar-refractivity contribution < 1.29 is 14.6 Å². The van der Waals surface area contributed by atoms with Crippen molar-refractivity contribution in [3.8, 4) is 0 Å². The predicted octanol–water partition coefficient (Wildman–Crippen LogP) is -0.161. The summed E-state index contributed by atoms with van der Waals surface area (Å²) in [7, 11) is 1.87. The van der Waals surface area contributed by atoms with Gasteiger partial charge in [-0.05, 0) is 18.9 Å². The summed E-state index contributed by atoms with van der Waals surface area (Å²) in [4.78, 5) is 1.88. The first-order valence-corrected chi connectivity index (χ1v) is 5.21. The van der Waals surface area contributed by atoms with Crippen LogP contribution in [0.2, 0.25) is 0 Å². The van der Waals surface area contributed by atoms with Gasteiger partial charge in [-0.1, -0.05) is 0 Å². The van der Waals surface area contributed by atoms with E-state index in [-0.39, 0.29) is 25.0 Å². The van der Waals surface area contributed by atoms with Gasteiger partial charge >= 0.3 is 0 Å². The van der Waals surface area contributed by atoms with Crippen LogP contribution < -0.4 is 5.73 Å². The topological polar surface area (TPSA) is 91.8 Å². The first-order valence-electron chi connectivity index (χ1n) is 5.21. The molecule has 1 heterocycles. The van der Waals surface area contributed by atoms with E-state index in [0.29, 0.717) is 6.61 Å². The monoisotopic (exact) mass is 229 g/mol. The smallest absolute Gasteiger partial charge is 0.143 e. The summed E-state index contributed by atoms with van der Waals surface area (Å²) in [6.45, 7) is 0.141. The van der Waals surface area contributed by atoms with Crippen LogP contribution in [-0.4, -0.2) is 48.6 Å². The molecule has 1 unspecified atom stereocenters. The highest BCUT2D eigenvalue weighted by molar-refractivity contribution is 5.88. The lowest BCUT2D eigenvalue weighted by molar-refractivity contribution is -0.0835. The van der Waals surface area contributed by atoms with Gasteiger partial charge in [0.2, 0.25) is 0 Å². The Kier molecular flexibility index (Phi) is 5.24. The minimum absolute atomic E-state index is 0.0112. The molecule has 0 bridgehead atoms. The van der Waals surface area contributed by atoms with E-state index in [9.17, 15) is 0 Å². The van der Waals surface area contributed by atoms with Gasteiger partial charge in [0.1, 0.15) is 18.9 Å². The summed E-state index contributed by atoms with van der Waals surface area (Å²) in [6.07, 6.45) is 5.07. The number of amidine groups is 1. The third-order valence-electron chi connectivity index (χ3n) is 2.42. The molecule has 0 aromatic carbocycles. The third-order valence-corrected chi connectivity index (χ3v) is 2.42. The van der Waals surface area contributed by atoms with Gasteiger partial charge in [0.05, 0.1) is 12.7 Å². The molecule has 1 fully saturated rings. The summed E-state index contributed by atoms with van der Waals surface area (Å²) in [6, 6.07) is 0. The largest absolute Gasteiger partial charge is 0.384 e. The van der Waals surface area contributed by atoms with Crippen LogP contribution in [0.25, 0.3) is 0 Å². The van der Waals surface area contributed by atoms with Crippen LogP contribution in [0.1, 0.15) is 12.8 Å². The quantitative estimate of drug-likeness (QED) is 0.334. The maximum absolute atomic E-state index is 8.51. The van der Waals surface area contributed by atoms with Crippen molar-refractivity contribution in [2.24, 2.45) is 5.73 Å². The van der Waals surface area contributed by atoms with Gasteiger partial charge in [-0.15, -0.1) is 0 Å². The molecule has 16 heavy (non-hydrogen) atoms. The molecule has 2 atom stereocenters. The molecule has 0 aromatic rings. The van der Waals surface area contributed by atoms with Crippen molar-refractivity contribution in [2.75, 3.05) is 20.4 Å². The van der Waals surface area contributed by atoms with E-state index in [2.05, 4.69) is 0 Å². The number of hydrogen-bond donors (Lipinski definition) is 3. The minimum Gasteiger partial charge on any atom is -0.384 e. The summed E-state index contributed by atoms with van der Waals surface area (Å²) in [5.74, 6) is 0.0185. The zero-order valence-electron chi connectivity index (χ0n) is 9.43. The van der Waals surface area contributed by atoms with Gasteiger partial charge in [0.15, 0.2) is 0 Å². The first kappa shape index (κ1) is 13.0. The predicted molar refractivity (Wildman–Crippen MR) is 59.7 cm³/mol. The van der Waals surface area contributed by atoms with E-state index in [0.717, 1.165) is 12.8 Å². The molecule has 0 radical (unpaired) electrons. The van der Waals surface area contributed by atoms with Gasteiger partial charge in [0, 0.05) is 13.2 Å². The lowest BCUT2D eigenvalue weighted by Gasteiger charge is -2.22. The Balaban J connectivity index is 2.31. The van der Waals surface area contributed by atoms with Crippen molar-refractivity contribution in [3.63, 3.8) is 0 Å². The average Bonchev–Trinajstić information content (AvgIpc) is 2.71. The second-order valence-corrected chi connectivity index (χ2v) is 3.73.